The van der Waals surface area contributed by atoms with Crippen LogP contribution in [0.2, 0.25) is 0 Å². The average Bonchev–Trinajstić information content (AvgIpc) is 2.83. The maximum Gasteiger partial charge on any atom is 0.165 e. The Morgan fingerprint density at radius 1 is 1.26 bits per heavy atom. The summed E-state index contributed by atoms with van der Waals surface area (Å²) in [6, 6.07) is 13.8. The SMILES string of the molecule is COc1ccc(CC2NCc3ccccc32)cc1F. The molecule has 0 fully saturated rings. The largest absolute Gasteiger partial charge is 0.494 e. The lowest BCUT2D eigenvalue weighted by molar-refractivity contribution is 0.386. The lowest BCUT2D eigenvalue weighted by Gasteiger charge is -2.13. The Balaban J connectivity index is 1.81. The molecule has 1 aliphatic rings. The number of methoxy groups -OCH3 is 1. The second-order valence-corrected chi connectivity index (χ2v) is 4.81. The maximum atomic E-state index is 13.7. The van der Waals surface area contributed by atoms with Crippen molar-refractivity contribution >= 4 is 0 Å². The van der Waals surface area contributed by atoms with Crippen LogP contribution in [0.3, 0.4) is 0 Å². The van der Waals surface area contributed by atoms with Crippen molar-refractivity contribution in [2.45, 2.75) is 19.0 Å². The molecular weight excluding hydrogens is 241 g/mol. The molecule has 0 amide bonds. The van der Waals surface area contributed by atoms with Crippen molar-refractivity contribution in [3.63, 3.8) is 0 Å². The van der Waals surface area contributed by atoms with Crippen LogP contribution in [-0.2, 0) is 13.0 Å². The van der Waals surface area contributed by atoms with Gasteiger partial charge in [0.2, 0.25) is 0 Å². The number of benzene rings is 2. The highest BCUT2D eigenvalue weighted by atomic mass is 19.1. The normalized spacial score (nSPS) is 17.3. The summed E-state index contributed by atoms with van der Waals surface area (Å²) >= 11 is 0. The summed E-state index contributed by atoms with van der Waals surface area (Å²) in [6.07, 6.45) is 0.790. The predicted molar refractivity (Wildman–Crippen MR) is 72.7 cm³/mol. The molecule has 2 nitrogen and oxygen atoms in total. The van der Waals surface area contributed by atoms with Gasteiger partial charge in [-0.3, -0.25) is 0 Å². The van der Waals surface area contributed by atoms with Crippen molar-refractivity contribution in [1.82, 2.24) is 5.32 Å². The summed E-state index contributed by atoms with van der Waals surface area (Å²) in [5.41, 5.74) is 3.63. The summed E-state index contributed by atoms with van der Waals surface area (Å²) in [5.74, 6) is -0.00480. The molecule has 98 valence electrons. The van der Waals surface area contributed by atoms with Crippen LogP contribution in [0.1, 0.15) is 22.7 Å². The van der Waals surface area contributed by atoms with E-state index in [1.54, 1.807) is 12.1 Å². The zero-order valence-electron chi connectivity index (χ0n) is 10.8. The van der Waals surface area contributed by atoms with E-state index in [1.807, 2.05) is 12.1 Å². The van der Waals surface area contributed by atoms with E-state index in [2.05, 4.69) is 23.5 Å². The van der Waals surface area contributed by atoms with Gasteiger partial charge in [-0.25, -0.2) is 4.39 Å². The number of rotatable bonds is 3. The minimum absolute atomic E-state index is 0.268. The molecule has 1 atom stereocenters. The first kappa shape index (κ1) is 12.2. The molecule has 2 aromatic rings. The molecule has 3 heteroatoms. The molecule has 19 heavy (non-hydrogen) atoms. The first-order valence-electron chi connectivity index (χ1n) is 6.41. The third-order valence-electron chi connectivity index (χ3n) is 3.63. The molecule has 0 aliphatic carbocycles. The number of halogens is 1. The molecule has 3 rings (SSSR count). The second kappa shape index (κ2) is 5.02. The number of ether oxygens (including phenoxy) is 1. The number of hydrogen-bond donors (Lipinski definition) is 1. The Bertz CT molecular complexity index is 597. The Morgan fingerprint density at radius 2 is 2.11 bits per heavy atom. The monoisotopic (exact) mass is 257 g/mol. The maximum absolute atomic E-state index is 13.7. The van der Waals surface area contributed by atoms with Gasteiger partial charge in [-0.2, -0.15) is 0 Å². The molecule has 2 aromatic carbocycles. The van der Waals surface area contributed by atoms with Gasteiger partial charge in [-0.1, -0.05) is 30.3 Å². The Morgan fingerprint density at radius 3 is 2.89 bits per heavy atom. The van der Waals surface area contributed by atoms with Crippen LogP contribution in [0.25, 0.3) is 0 Å². The minimum atomic E-state index is -0.300. The van der Waals surface area contributed by atoms with E-state index in [1.165, 1.54) is 18.2 Å². The zero-order chi connectivity index (χ0) is 13.2. The topological polar surface area (TPSA) is 21.3 Å². The summed E-state index contributed by atoms with van der Waals surface area (Å²) in [5, 5.41) is 3.46. The van der Waals surface area contributed by atoms with Crippen LogP contribution < -0.4 is 10.1 Å². The summed E-state index contributed by atoms with van der Waals surface area (Å²) in [4.78, 5) is 0. The Hall–Kier alpha value is -1.87. The average molecular weight is 257 g/mol. The molecule has 0 aromatic heterocycles. The number of fused-ring (bicyclic) bond motifs is 1. The predicted octanol–water partition coefficient (Wildman–Crippen LogP) is 3.22. The minimum Gasteiger partial charge on any atom is -0.494 e. The van der Waals surface area contributed by atoms with Crippen molar-refractivity contribution in [1.29, 1.82) is 0 Å². The van der Waals surface area contributed by atoms with E-state index >= 15 is 0 Å². The van der Waals surface area contributed by atoms with Crippen LogP contribution in [0.5, 0.6) is 5.75 Å². The van der Waals surface area contributed by atoms with E-state index in [0.29, 0.717) is 5.75 Å². The number of nitrogens with one attached hydrogen (secondary N) is 1. The summed E-state index contributed by atoms with van der Waals surface area (Å²) < 4.78 is 18.6. The van der Waals surface area contributed by atoms with Gasteiger partial charge >= 0.3 is 0 Å². The standard InChI is InChI=1S/C16H16FNO/c1-19-16-7-6-11(8-14(16)17)9-15-13-5-3-2-4-12(13)10-18-15/h2-8,15,18H,9-10H2,1H3. The van der Waals surface area contributed by atoms with Crippen molar-refractivity contribution in [2.75, 3.05) is 7.11 Å². The molecule has 1 N–H and O–H groups in total. The van der Waals surface area contributed by atoms with Gasteiger partial charge in [0, 0.05) is 12.6 Å². The van der Waals surface area contributed by atoms with Gasteiger partial charge in [0.05, 0.1) is 7.11 Å². The molecular formula is C16H16FNO. The van der Waals surface area contributed by atoms with Crippen LogP contribution >= 0.6 is 0 Å². The van der Waals surface area contributed by atoms with E-state index in [-0.39, 0.29) is 11.9 Å². The van der Waals surface area contributed by atoms with Crippen LogP contribution in [0.15, 0.2) is 42.5 Å². The Labute approximate surface area is 112 Å². The molecule has 0 saturated carbocycles. The lowest BCUT2D eigenvalue weighted by atomic mass is 9.98. The lowest BCUT2D eigenvalue weighted by Crippen LogP contribution is -2.14. The first-order valence-corrected chi connectivity index (χ1v) is 6.41. The van der Waals surface area contributed by atoms with Crippen LogP contribution in [0.4, 0.5) is 4.39 Å². The smallest absolute Gasteiger partial charge is 0.165 e. The van der Waals surface area contributed by atoms with Crippen molar-refractivity contribution in [3.8, 4) is 5.75 Å². The molecule has 0 spiro atoms. The highest BCUT2D eigenvalue weighted by molar-refractivity contribution is 5.36. The molecule has 0 saturated heterocycles. The van der Waals surface area contributed by atoms with Gasteiger partial charge < -0.3 is 10.1 Å². The van der Waals surface area contributed by atoms with E-state index in [9.17, 15) is 4.39 Å². The van der Waals surface area contributed by atoms with Gasteiger partial charge in [0.25, 0.3) is 0 Å². The molecule has 1 aliphatic heterocycles. The fourth-order valence-electron chi connectivity index (χ4n) is 2.63. The molecule has 1 heterocycles. The van der Waals surface area contributed by atoms with E-state index < -0.39 is 0 Å². The first-order chi connectivity index (χ1) is 9.28. The van der Waals surface area contributed by atoms with Gasteiger partial charge in [0.15, 0.2) is 11.6 Å². The Kier molecular flexibility index (Phi) is 3.22. The van der Waals surface area contributed by atoms with E-state index in [4.69, 9.17) is 4.74 Å². The quantitative estimate of drug-likeness (QED) is 0.911. The zero-order valence-corrected chi connectivity index (χ0v) is 10.8. The van der Waals surface area contributed by atoms with Crippen molar-refractivity contribution in [3.05, 3.63) is 65.0 Å². The van der Waals surface area contributed by atoms with Crippen LogP contribution in [-0.4, -0.2) is 7.11 Å². The third kappa shape index (κ3) is 2.34. The summed E-state index contributed by atoms with van der Waals surface area (Å²) in [6.45, 7) is 0.888. The fourth-order valence-corrected chi connectivity index (χ4v) is 2.63. The van der Waals surface area contributed by atoms with Gasteiger partial charge in [-0.05, 0) is 35.2 Å². The van der Waals surface area contributed by atoms with E-state index in [0.717, 1.165) is 18.5 Å². The van der Waals surface area contributed by atoms with Gasteiger partial charge in [-0.15, -0.1) is 0 Å². The number of hydrogen-bond acceptors (Lipinski definition) is 2. The second-order valence-electron chi connectivity index (χ2n) is 4.81. The highest BCUT2D eigenvalue weighted by Gasteiger charge is 2.21. The summed E-state index contributed by atoms with van der Waals surface area (Å²) in [7, 11) is 1.48. The molecule has 0 bridgehead atoms. The third-order valence-corrected chi connectivity index (χ3v) is 3.63. The molecule has 0 radical (unpaired) electrons. The molecule has 1 unspecified atom stereocenters. The van der Waals surface area contributed by atoms with Crippen LogP contribution in [0, 0.1) is 5.82 Å². The van der Waals surface area contributed by atoms with Crippen molar-refractivity contribution < 1.29 is 9.13 Å². The van der Waals surface area contributed by atoms with Crippen molar-refractivity contribution in [2.24, 2.45) is 0 Å². The highest BCUT2D eigenvalue weighted by Crippen LogP contribution is 2.29. The van der Waals surface area contributed by atoms with Gasteiger partial charge in [0.1, 0.15) is 0 Å². The fraction of sp³-hybridized carbons (Fsp3) is 0.250.